The summed E-state index contributed by atoms with van der Waals surface area (Å²) in [4.78, 5) is 61.4. The Hall–Kier alpha value is -3.35. The number of piperidine rings is 1. The number of carbonyl (C=O) groups excluding carboxylic acids is 4. The molecule has 2 saturated heterocycles. The van der Waals surface area contributed by atoms with Crippen molar-refractivity contribution in [3.8, 4) is 10.4 Å². The van der Waals surface area contributed by atoms with Gasteiger partial charge in [0.25, 0.3) is 0 Å². The minimum Gasteiger partial charge on any atom is -0.391 e. The Balaban J connectivity index is 1.38. The van der Waals surface area contributed by atoms with Crippen LogP contribution in [0.3, 0.4) is 0 Å². The topological polar surface area (TPSA) is 158 Å². The number of aromatic nitrogens is 1. The molecule has 1 aromatic carbocycles. The van der Waals surface area contributed by atoms with Gasteiger partial charge < -0.3 is 31.3 Å². The summed E-state index contributed by atoms with van der Waals surface area (Å²) in [6, 6.07) is 5.70. The molecule has 0 aliphatic carbocycles. The van der Waals surface area contributed by atoms with Gasteiger partial charge in [0, 0.05) is 44.9 Å². The first-order chi connectivity index (χ1) is 20.7. The van der Waals surface area contributed by atoms with Crippen LogP contribution in [-0.4, -0.2) is 87.4 Å². The molecule has 2 unspecified atom stereocenters. The van der Waals surface area contributed by atoms with Gasteiger partial charge in [0.15, 0.2) is 0 Å². The second-order valence-corrected chi connectivity index (χ2v) is 14.0. The summed E-state index contributed by atoms with van der Waals surface area (Å²) in [6.45, 7) is 10.4. The second kappa shape index (κ2) is 14.2. The first kappa shape index (κ1) is 33.5. The van der Waals surface area contributed by atoms with Gasteiger partial charge >= 0.3 is 0 Å². The summed E-state index contributed by atoms with van der Waals surface area (Å²) in [5, 5.41) is 16.3. The van der Waals surface area contributed by atoms with Crippen molar-refractivity contribution < 1.29 is 24.3 Å². The molecule has 1 aromatic heterocycles. The Morgan fingerprint density at radius 1 is 1.11 bits per heavy atom. The minimum absolute atomic E-state index is 0.00957. The lowest BCUT2D eigenvalue weighted by Gasteiger charge is -2.35. The molecule has 12 heteroatoms. The first-order valence-corrected chi connectivity index (χ1v) is 16.2. The van der Waals surface area contributed by atoms with E-state index >= 15 is 0 Å². The normalized spacial score (nSPS) is 21.9. The molecular formula is C32H46N6O5S. The van der Waals surface area contributed by atoms with Crippen LogP contribution in [0.15, 0.2) is 29.8 Å². The number of thiazole rings is 1. The predicted octanol–water partition coefficient (Wildman–Crippen LogP) is 2.52. The fourth-order valence-electron chi connectivity index (χ4n) is 5.86. The zero-order chi connectivity index (χ0) is 32.2. The van der Waals surface area contributed by atoms with Crippen molar-refractivity contribution in [2.24, 2.45) is 11.1 Å². The minimum atomic E-state index is -0.950. The summed E-state index contributed by atoms with van der Waals surface area (Å²) < 4.78 is 0. The third-order valence-electron chi connectivity index (χ3n) is 8.44. The number of aliphatic hydroxyl groups excluding tert-OH is 1. The molecule has 5 N–H and O–H groups in total. The van der Waals surface area contributed by atoms with E-state index < -0.39 is 35.4 Å². The number of nitrogens with zero attached hydrogens (tertiary/aromatic N) is 3. The van der Waals surface area contributed by atoms with Crippen LogP contribution in [0.25, 0.3) is 10.4 Å². The lowest BCUT2D eigenvalue weighted by atomic mass is 9.85. The number of nitrogens with two attached hydrogens (primary N) is 1. The quantitative estimate of drug-likeness (QED) is 0.333. The number of rotatable bonds is 9. The van der Waals surface area contributed by atoms with Crippen molar-refractivity contribution in [2.45, 2.75) is 97.0 Å². The van der Waals surface area contributed by atoms with E-state index in [0.717, 1.165) is 34.5 Å². The number of hydrogen-bond acceptors (Lipinski definition) is 8. The van der Waals surface area contributed by atoms with Crippen LogP contribution in [0, 0.1) is 12.3 Å². The third-order valence-corrected chi connectivity index (χ3v) is 9.41. The van der Waals surface area contributed by atoms with Crippen molar-refractivity contribution in [2.75, 3.05) is 19.6 Å². The average Bonchev–Trinajstić information content (AvgIpc) is 3.59. The molecule has 2 aromatic rings. The third kappa shape index (κ3) is 8.22. The van der Waals surface area contributed by atoms with Gasteiger partial charge in [0.1, 0.15) is 12.1 Å². The van der Waals surface area contributed by atoms with Crippen LogP contribution < -0.4 is 16.4 Å². The summed E-state index contributed by atoms with van der Waals surface area (Å²) in [7, 11) is 0. The number of carbonyl (C=O) groups is 4. The van der Waals surface area contributed by atoms with Gasteiger partial charge in [0.05, 0.1) is 28.2 Å². The number of benzene rings is 1. The first-order valence-electron chi connectivity index (χ1n) is 15.4. The zero-order valence-electron chi connectivity index (χ0n) is 26.3. The smallest absolute Gasteiger partial charge is 0.246 e. The van der Waals surface area contributed by atoms with Crippen LogP contribution >= 0.6 is 11.3 Å². The molecule has 0 saturated carbocycles. The van der Waals surface area contributed by atoms with Gasteiger partial charge in [-0.1, -0.05) is 45.0 Å². The molecule has 0 bridgehead atoms. The Bertz CT molecular complexity index is 1340. The molecular weight excluding hydrogens is 580 g/mol. The van der Waals surface area contributed by atoms with Gasteiger partial charge in [0.2, 0.25) is 23.6 Å². The maximum absolute atomic E-state index is 13.9. The summed E-state index contributed by atoms with van der Waals surface area (Å²) in [5.41, 5.74) is 10.0. The van der Waals surface area contributed by atoms with Crippen LogP contribution in [-0.2, 0) is 19.2 Å². The number of β-amino-alcohol motifs (C(OH)–C–C–N with tert-alkyl or cyclic N) is 1. The summed E-state index contributed by atoms with van der Waals surface area (Å²) in [5.74, 6) is -1.35. The van der Waals surface area contributed by atoms with E-state index in [4.69, 9.17) is 5.73 Å². The van der Waals surface area contributed by atoms with Crippen molar-refractivity contribution in [3.63, 3.8) is 0 Å². The molecule has 4 rings (SSSR count). The lowest BCUT2D eigenvalue weighted by molar-refractivity contribution is -0.144. The van der Waals surface area contributed by atoms with E-state index in [-0.39, 0.29) is 49.7 Å². The largest absolute Gasteiger partial charge is 0.391 e. The van der Waals surface area contributed by atoms with Gasteiger partial charge in [-0.25, -0.2) is 4.98 Å². The Morgan fingerprint density at radius 3 is 2.43 bits per heavy atom. The van der Waals surface area contributed by atoms with Crippen molar-refractivity contribution in [1.29, 1.82) is 0 Å². The van der Waals surface area contributed by atoms with E-state index in [1.807, 2.05) is 64.4 Å². The monoisotopic (exact) mass is 626 g/mol. The van der Waals surface area contributed by atoms with Gasteiger partial charge in [-0.15, -0.1) is 11.3 Å². The van der Waals surface area contributed by atoms with Crippen molar-refractivity contribution in [3.05, 3.63) is 41.0 Å². The lowest BCUT2D eigenvalue weighted by Crippen LogP contribution is -2.58. The second-order valence-electron chi connectivity index (χ2n) is 13.1. The van der Waals surface area contributed by atoms with Crippen LogP contribution in [0.2, 0.25) is 0 Å². The van der Waals surface area contributed by atoms with Crippen LogP contribution in [0.1, 0.15) is 77.1 Å². The maximum atomic E-state index is 13.9. The van der Waals surface area contributed by atoms with Gasteiger partial charge in [-0.3, -0.25) is 19.2 Å². The Labute approximate surface area is 263 Å². The highest BCUT2D eigenvalue weighted by Crippen LogP contribution is 2.29. The highest BCUT2D eigenvalue weighted by Gasteiger charge is 2.44. The fourth-order valence-corrected chi connectivity index (χ4v) is 6.68. The van der Waals surface area contributed by atoms with E-state index in [9.17, 15) is 24.3 Å². The standard InChI is InChI=1S/C32H46N6O5S/c1-19(21-8-10-22(11-9-21)28-20(2)34-18-44-28)35-30(42)25-15-24(39)17-38(25)31(43)29(32(3,4)5)36-26(40)12-13-27(41)37-14-6-7-23(33)16-37/h8-11,18-19,23-25,29,39H,6-7,12-17,33H2,1-5H3,(H,35,42)(H,36,40)/t19?,23-,24-,25+,29?/m1/s1. The number of hydrogen-bond donors (Lipinski definition) is 4. The molecule has 44 heavy (non-hydrogen) atoms. The van der Waals surface area contributed by atoms with Crippen LogP contribution in [0.4, 0.5) is 0 Å². The molecule has 11 nitrogen and oxygen atoms in total. The molecule has 0 spiro atoms. The molecule has 240 valence electrons. The fraction of sp³-hybridized carbons (Fsp3) is 0.594. The number of aryl methyl sites for hydroxylation is 1. The summed E-state index contributed by atoms with van der Waals surface area (Å²) >= 11 is 1.58. The predicted molar refractivity (Wildman–Crippen MR) is 169 cm³/mol. The highest BCUT2D eigenvalue weighted by molar-refractivity contribution is 7.13. The van der Waals surface area contributed by atoms with E-state index in [2.05, 4.69) is 15.6 Å². The average molecular weight is 627 g/mol. The molecule has 2 fully saturated rings. The van der Waals surface area contributed by atoms with Crippen LogP contribution in [0.5, 0.6) is 0 Å². The molecule has 5 atom stereocenters. The molecule has 0 radical (unpaired) electrons. The van der Waals surface area contributed by atoms with E-state index in [0.29, 0.717) is 13.1 Å². The maximum Gasteiger partial charge on any atom is 0.246 e. The zero-order valence-corrected chi connectivity index (χ0v) is 27.2. The Morgan fingerprint density at radius 2 is 1.82 bits per heavy atom. The molecule has 3 heterocycles. The SMILES string of the molecule is Cc1ncsc1-c1ccc(C(C)NC(=O)[C@@H]2C[C@@H](O)CN2C(=O)C(NC(=O)CCC(=O)N2CCC[C@@H](N)C2)C(C)(C)C)cc1. The number of likely N-dealkylation sites (tertiary alicyclic amines) is 2. The number of nitrogens with one attached hydrogen (secondary N) is 2. The molecule has 2 aliphatic rings. The van der Waals surface area contributed by atoms with Crippen molar-refractivity contribution in [1.82, 2.24) is 25.4 Å². The van der Waals surface area contributed by atoms with E-state index in [1.165, 1.54) is 4.90 Å². The molecule has 4 amide bonds. The number of amides is 4. The number of aliphatic hydroxyl groups is 1. The highest BCUT2D eigenvalue weighted by atomic mass is 32.1. The Kier molecular flexibility index (Phi) is 10.8. The molecule has 2 aliphatic heterocycles. The van der Waals surface area contributed by atoms with Gasteiger partial charge in [-0.05, 0) is 43.2 Å². The van der Waals surface area contributed by atoms with Gasteiger partial charge in [-0.2, -0.15) is 0 Å². The van der Waals surface area contributed by atoms with E-state index in [1.54, 1.807) is 16.2 Å². The van der Waals surface area contributed by atoms with Crippen molar-refractivity contribution >= 4 is 35.0 Å². The summed E-state index contributed by atoms with van der Waals surface area (Å²) in [6.07, 6.45) is 0.926.